The van der Waals surface area contributed by atoms with Gasteiger partial charge in [-0.05, 0) is 6.07 Å². The van der Waals surface area contributed by atoms with Crippen LogP contribution in [0.4, 0.5) is 15.8 Å². The largest absolute Gasteiger partial charge is 0.481 e. The molecule has 1 rings (SSSR count). The maximum atomic E-state index is 13.4. The van der Waals surface area contributed by atoms with Crippen molar-refractivity contribution in [3.63, 3.8) is 0 Å². The van der Waals surface area contributed by atoms with Gasteiger partial charge in [-0.3, -0.25) is 19.6 Å². The minimum absolute atomic E-state index is 0.697. The van der Waals surface area contributed by atoms with Crippen LogP contribution in [0.25, 0.3) is 0 Å². The minimum atomic E-state index is -4.18. The van der Waals surface area contributed by atoms with Crippen molar-refractivity contribution in [1.29, 1.82) is 0 Å². The minimum Gasteiger partial charge on any atom is -0.481 e. The number of benzene rings is 1. The van der Waals surface area contributed by atoms with Crippen molar-refractivity contribution < 1.29 is 27.6 Å². The van der Waals surface area contributed by atoms with Crippen LogP contribution in [0.15, 0.2) is 18.2 Å². The topological polar surface area (TPSA) is 127 Å². The number of nitro benzene ring substituents is 1. The molecule has 0 atom stereocenters. The van der Waals surface area contributed by atoms with Gasteiger partial charge in [-0.15, -0.1) is 0 Å². The third-order valence-corrected chi connectivity index (χ3v) is 3.29. The lowest BCUT2D eigenvalue weighted by Crippen LogP contribution is -2.20. The van der Waals surface area contributed by atoms with Gasteiger partial charge in [0.15, 0.2) is 11.5 Å². The lowest BCUT2D eigenvalue weighted by molar-refractivity contribution is -0.384. The Kier molecular flexibility index (Phi) is 4.38. The Hall–Kier alpha value is -2.23. The Labute approximate surface area is 107 Å². The van der Waals surface area contributed by atoms with E-state index in [1.54, 1.807) is 4.72 Å². The number of aliphatic carboxylic acids is 1. The van der Waals surface area contributed by atoms with E-state index in [-0.39, 0.29) is 0 Å². The number of nitro groups is 1. The highest BCUT2D eigenvalue weighted by atomic mass is 32.2. The van der Waals surface area contributed by atoms with Crippen LogP contribution in [-0.2, 0) is 14.8 Å². The number of nitrogens with zero attached hydrogens (tertiary/aromatic N) is 1. The molecule has 0 radical (unpaired) electrons. The number of carboxylic acids is 1. The second-order valence-corrected chi connectivity index (χ2v) is 5.30. The number of hydrogen-bond acceptors (Lipinski definition) is 5. The number of halogens is 1. The summed E-state index contributed by atoms with van der Waals surface area (Å²) in [6, 6.07) is 2.84. The summed E-state index contributed by atoms with van der Waals surface area (Å²) in [4.78, 5) is 20.0. The van der Waals surface area contributed by atoms with Gasteiger partial charge < -0.3 is 5.11 Å². The van der Waals surface area contributed by atoms with Crippen LogP contribution in [0.5, 0.6) is 0 Å². The van der Waals surface area contributed by atoms with Crippen molar-refractivity contribution in [1.82, 2.24) is 0 Å². The summed E-state index contributed by atoms with van der Waals surface area (Å²) in [6.07, 6.45) is -0.697. The summed E-state index contributed by atoms with van der Waals surface area (Å²) in [7, 11) is -4.18. The SMILES string of the molecule is O=C(O)CCS(=O)(=O)Nc1c(F)cccc1[N+](=O)[O-]. The van der Waals surface area contributed by atoms with E-state index in [1.165, 1.54) is 0 Å². The molecule has 19 heavy (non-hydrogen) atoms. The van der Waals surface area contributed by atoms with E-state index in [0.717, 1.165) is 18.2 Å². The standard InChI is InChI=1S/C9H9FN2O6S/c10-6-2-1-3-7(12(15)16)9(6)11-19(17,18)5-4-8(13)14/h1-3,11H,4-5H2,(H,13,14). The van der Waals surface area contributed by atoms with Crippen LogP contribution in [0, 0.1) is 15.9 Å². The second kappa shape index (κ2) is 5.61. The van der Waals surface area contributed by atoms with E-state index in [4.69, 9.17) is 5.11 Å². The van der Waals surface area contributed by atoms with Gasteiger partial charge in [0.1, 0.15) is 0 Å². The molecule has 0 aliphatic carbocycles. The van der Waals surface area contributed by atoms with Crippen molar-refractivity contribution >= 4 is 27.4 Å². The molecule has 0 heterocycles. The zero-order valence-electron chi connectivity index (χ0n) is 9.37. The highest BCUT2D eigenvalue weighted by Crippen LogP contribution is 2.27. The smallest absolute Gasteiger partial charge is 0.304 e. The first kappa shape index (κ1) is 14.8. The van der Waals surface area contributed by atoms with Gasteiger partial charge in [0.25, 0.3) is 5.69 Å². The molecule has 1 aromatic rings. The molecule has 0 fully saturated rings. The lowest BCUT2D eigenvalue weighted by Gasteiger charge is -2.08. The van der Waals surface area contributed by atoms with Gasteiger partial charge in [-0.25, -0.2) is 12.8 Å². The number of anilines is 1. The fourth-order valence-corrected chi connectivity index (χ4v) is 2.25. The van der Waals surface area contributed by atoms with Crippen molar-refractivity contribution in [2.45, 2.75) is 6.42 Å². The van der Waals surface area contributed by atoms with E-state index in [1.807, 2.05) is 0 Å². The molecule has 2 N–H and O–H groups in total. The third-order valence-electron chi connectivity index (χ3n) is 2.03. The average molecular weight is 292 g/mol. The van der Waals surface area contributed by atoms with E-state index >= 15 is 0 Å². The molecule has 0 amide bonds. The molecule has 0 unspecified atom stereocenters. The normalized spacial score (nSPS) is 11.0. The fourth-order valence-electron chi connectivity index (χ4n) is 1.19. The van der Waals surface area contributed by atoms with Gasteiger partial charge in [0, 0.05) is 6.07 Å². The Morgan fingerprint density at radius 1 is 1.47 bits per heavy atom. The van der Waals surface area contributed by atoms with Gasteiger partial charge in [-0.2, -0.15) is 0 Å². The molecule has 0 aromatic heterocycles. The molecule has 0 saturated heterocycles. The monoisotopic (exact) mass is 292 g/mol. The van der Waals surface area contributed by atoms with Crippen LogP contribution in [0.1, 0.15) is 6.42 Å². The van der Waals surface area contributed by atoms with Crippen LogP contribution >= 0.6 is 0 Å². The molecule has 104 valence electrons. The van der Waals surface area contributed by atoms with Crippen LogP contribution < -0.4 is 4.72 Å². The van der Waals surface area contributed by atoms with Crippen LogP contribution in [-0.4, -0.2) is 30.2 Å². The maximum Gasteiger partial charge on any atom is 0.304 e. The Bertz CT molecular complexity index is 615. The summed E-state index contributed by atoms with van der Waals surface area (Å²) < 4.78 is 38.0. The summed E-state index contributed by atoms with van der Waals surface area (Å²) in [5, 5.41) is 19.0. The first-order valence-electron chi connectivity index (χ1n) is 4.88. The summed E-state index contributed by atoms with van der Waals surface area (Å²) in [5.74, 6) is -3.28. The van der Waals surface area contributed by atoms with E-state index in [0.29, 0.717) is 0 Å². The molecule has 8 nitrogen and oxygen atoms in total. The Balaban J connectivity index is 3.05. The molecule has 0 spiro atoms. The van der Waals surface area contributed by atoms with Gasteiger partial charge in [0.2, 0.25) is 10.0 Å². The summed E-state index contributed by atoms with van der Waals surface area (Å²) in [5.41, 5.74) is -1.56. The van der Waals surface area contributed by atoms with Crippen molar-refractivity contribution in [3.8, 4) is 0 Å². The molecule has 0 bridgehead atoms. The number of rotatable bonds is 6. The second-order valence-electron chi connectivity index (χ2n) is 3.46. The highest BCUT2D eigenvalue weighted by molar-refractivity contribution is 7.92. The average Bonchev–Trinajstić information content (AvgIpc) is 2.29. The zero-order chi connectivity index (χ0) is 14.6. The Morgan fingerprint density at radius 3 is 2.63 bits per heavy atom. The van der Waals surface area contributed by atoms with E-state index < -0.39 is 50.3 Å². The van der Waals surface area contributed by atoms with E-state index in [2.05, 4.69) is 0 Å². The summed E-state index contributed by atoms with van der Waals surface area (Å²) in [6.45, 7) is 0. The van der Waals surface area contributed by atoms with Crippen molar-refractivity contribution in [3.05, 3.63) is 34.1 Å². The summed E-state index contributed by atoms with van der Waals surface area (Å²) >= 11 is 0. The maximum absolute atomic E-state index is 13.4. The molecular weight excluding hydrogens is 283 g/mol. The zero-order valence-corrected chi connectivity index (χ0v) is 10.2. The third kappa shape index (κ3) is 4.17. The number of nitrogens with one attached hydrogen (secondary N) is 1. The number of sulfonamides is 1. The quantitative estimate of drug-likeness (QED) is 0.593. The molecule has 1 aromatic carbocycles. The first-order valence-corrected chi connectivity index (χ1v) is 6.53. The lowest BCUT2D eigenvalue weighted by atomic mass is 10.2. The Morgan fingerprint density at radius 2 is 2.11 bits per heavy atom. The number of carbonyl (C=O) groups is 1. The van der Waals surface area contributed by atoms with Gasteiger partial charge in [-0.1, -0.05) is 6.07 Å². The van der Waals surface area contributed by atoms with Gasteiger partial charge >= 0.3 is 5.97 Å². The molecular formula is C9H9FN2O6S. The first-order chi connectivity index (χ1) is 8.73. The highest BCUT2D eigenvalue weighted by Gasteiger charge is 2.23. The number of hydrogen-bond donors (Lipinski definition) is 2. The number of para-hydroxylation sites is 1. The molecule has 0 saturated carbocycles. The molecule has 10 heteroatoms. The molecule has 0 aliphatic heterocycles. The van der Waals surface area contributed by atoms with Crippen molar-refractivity contribution in [2.24, 2.45) is 0 Å². The van der Waals surface area contributed by atoms with E-state index in [9.17, 15) is 27.7 Å². The van der Waals surface area contributed by atoms with Crippen molar-refractivity contribution in [2.75, 3.05) is 10.5 Å². The van der Waals surface area contributed by atoms with Crippen LogP contribution in [0.2, 0.25) is 0 Å². The molecule has 0 aliphatic rings. The predicted molar refractivity (Wildman–Crippen MR) is 62.7 cm³/mol. The fraction of sp³-hybridized carbons (Fsp3) is 0.222. The van der Waals surface area contributed by atoms with Gasteiger partial charge in [0.05, 0.1) is 17.1 Å². The number of carboxylic acid groups (broad SMARTS) is 1. The predicted octanol–water partition coefficient (Wildman–Crippen LogP) is 0.950. The van der Waals surface area contributed by atoms with Crippen LogP contribution in [0.3, 0.4) is 0 Å².